The Balaban J connectivity index is 2.04. The summed E-state index contributed by atoms with van der Waals surface area (Å²) in [4.78, 5) is 16.6. The number of carbonyl (C=O) groups excluding carboxylic acids is 1. The second kappa shape index (κ2) is 9.92. The number of benzene rings is 2. The number of amides is 1. The van der Waals surface area contributed by atoms with Crippen molar-refractivity contribution >= 4 is 23.4 Å². The van der Waals surface area contributed by atoms with E-state index in [4.69, 9.17) is 14.2 Å². The molecule has 0 saturated carbocycles. The second-order valence-corrected chi connectivity index (χ2v) is 8.22. The smallest absolute Gasteiger partial charge is 0.258 e. The Bertz CT molecular complexity index is 828. The van der Waals surface area contributed by atoms with Crippen LogP contribution in [0.2, 0.25) is 0 Å². The van der Waals surface area contributed by atoms with Crippen molar-refractivity contribution in [2.75, 3.05) is 31.3 Å². The van der Waals surface area contributed by atoms with Crippen LogP contribution in [0.15, 0.2) is 41.3 Å². The van der Waals surface area contributed by atoms with E-state index in [0.29, 0.717) is 54.4 Å². The number of hydrogen-bond acceptors (Lipinski definition) is 5. The highest BCUT2D eigenvalue weighted by Gasteiger charge is 2.27. The summed E-state index contributed by atoms with van der Waals surface area (Å²) in [7, 11) is 0. The molecule has 29 heavy (non-hydrogen) atoms. The van der Waals surface area contributed by atoms with Gasteiger partial charge in [0.25, 0.3) is 5.91 Å². The molecular weight excluding hydrogens is 386 g/mol. The van der Waals surface area contributed by atoms with E-state index in [1.54, 1.807) is 12.1 Å². The summed E-state index contributed by atoms with van der Waals surface area (Å²) in [6.07, 6.45) is 0.929. The molecule has 0 aliphatic carbocycles. The molecule has 2 aromatic rings. The van der Waals surface area contributed by atoms with Crippen LogP contribution in [0.4, 0.5) is 5.69 Å². The summed E-state index contributed by atoms with van der Waals surface area (Å²) in [5.41, 5.74) is 1.49. The first-order valence-electron chi connectivity index (χ1n) is 10.2. The molecule has 156 valence electrons. The van der Waals surface area contributed by atoms with Crippen molar-refractivity contribution in [3.8, 4) is 17.2 Å². The zero-order valence-corrected chi connectivity index (χ0v) is 18.4. The largest absolute Gasteiger partial charge is 0.490 e. The number of carbonyl (C=O) groups is 1. The van der Waals surface area contributed by atoms with Crippen LogP contribution in [0.3, 0.4) is 0 Å². The third-order valence-electron chi connectivity index (χ3n) is 4.64. The molecule has 0 saturated heterocycles. The van der Waals surface area contributed by atoms with Gasteiger partial charge in [-0.3, -0.25) is 4.79 Å². The molecule has 3 rings (SSSR count). The van der Waals surface area contributed by atoms with Gasteiger partial charge < -0.3 is 19.1 Å². The average Bonchev–Trinajstić information content (AvgIpc) is 2.88. The molecule has 6 heteroatoms. The number of hydrogen-bond donors (Lipinski definition) is 0. The first kappa shape index (κ1) is 21.4. The van der Waals surface area contributed by atoms with Gasteiger partial charge in [0.1, 0.15) is 0 Å². The van der Waals surface area contributed by atoms with Crippen molar-refractivity contribution in [2.45, 2.75) is 44.3 Å². The predicted molar refractivity (Wildman–Crippen MR) is 118 cm³/mol. The number of rotatable bonds is 7. The maximum atomic E-state index is 13.6. The fraction of sp³-hybridized carbons (Fsp3) is 0.435. The standard InChI is InChI=1S/C23H29NO4S/c1-5-26-19-14-17(15-20(27-6-2)22(19)28-7-3)23(25)24-13-12-16(4)29-21-11-9-8-10-18(21)24/h8-11,14-16H,5-7,12-13H2,1-4H3/t16-/m1/s1. The molecule has 0 fully saturated rings. The lowest BCUT2D eigenvalue weighted by atomic mass is 10.1. The summed E-state index contributed by atoms with van der Waals surface area (Å²) in [6.45, 7) is 10.0. The van der Waals surface area contributed by atoms with E-state index in [9.17, 15) is 4.79 Å². The number of anilines is 1. The molecule has 0 aromatic heterocycles. The highest BCUT2D eigenvalue weighted by atomic mass is 32.2. The van der Waals surface area contributed by atoms with Crippen LogP contribution in [0.25, 0.3) is 0 Å². The number of ether oxygens (including phenoxy) is 3. The van der Waals surface area contributed by atoms with Crippen molar-refractivity contribution in [3.63, 3.8) is 0 Å². The minimum atomic E-state index is -0.0582. The molecule has 0 bridgehead atoms. The summed E-state index contributed by atoms with van der Waals surface area (Å²) < 4.78 is 17.3. The van der Waals surface area contributed by atoms with Crippen molar-refractivity contribution in [3.05, 3.63) is 42.0 Å². The van der Waals surface area contributed by atoms with Gasteiger partial charge in [-0.05, 0) is 51.5 Å². The maximum Gasteiger partial charge on any atom is 0.258 e. The molecule has 5 nitrogen and oxygen atoms in total. The highest BCUT2D eigenvalue weighted by molar-refractivity contribution is 8.00. The molecule has 0 radical (unpaired) electrons. The van der Waals surface area contributed by atoms with Gasteiger partial charge in [0.2, 0.25) is 5.75 Å². The van der Waals surface area contributed by atoms with Gasteiger partial charge in [-0.1, -0.05) is 19.1 Å². The van der Waals surface area contributed by atoms with Gasteiger partial charge in [-0.2, -0.15) is 0 Å². The Kier molecular flexibility index (Phi) is 7.31. The van der Waals surface area contributed by atoms with E-state index in [0.717, 1.165) is 17.0 Å². The number of thioether (sulfide) groups is 1. The molecule has 1 atom stereocenters. The SMILES string of the molecule is CCOc1cc(C(=O)N2CC[C@@H](C)Sc3ccccc32)cc(OCC)c1OCC. The van der Waals surface area contributed by atoms with E-state index in [2.05, 4.69) is 13.0 Å². The van der Waals surface area contributed by atoms with Crippen LogP contribution in [-0.4, -0.2) is 37.5 Å². The zero-order chi connectivity index (χ0) is 20.8. The van der Waals surface area contributed by atoms with Gasteiger partial charge in [-0.15, -0.1) is 11.8 Å². The van der Waals surface area contributed by atoms with Crippen LogP contribution in [0.1, 0.15) is 44.5 Å². The van der Waals surface area contributed by atoms with E-state index in [1.807, 2.05) is 55.6 Å². The fourth-order valence-corrected chi connectivity index (χ4v) is 4.48. The van der Waals surface area contributed by atoms with Crippen LogP contribution in [0, 0.1) is 0 Å². The molecule has 1 amide bonds. The second-order valence-electron chi connectivity index (χ2n) is 6.74. The Morgan fingerprint density at radius 3 is 2.28 bits per heavy atom. The third kappa shape index (κ3) is 4.81. The molecule has 0 N–H and O–H groups in total. The lowest BCUT2D eigenvalue weighted by molar-refractivity contribution is 0.0985. The van der Waals surface area contributed by atoms with Gasteiger partial charge in [0, 0.05) is 22.3 Å². The third-order valence-corrected chi connectivity index (χ3v) is 5.88. The number of nitrogens with zero attached hydrogens (tertiary/aromatic N) is 1. The lowest BCUT2D eigenvalue weighted by Gasteiger charge is -2.24. The Labute approximate surface area is 177 Å². The van der Waals surface area contributed by atoms with Gasteiger partial charge in [0.05, 0.1) is 25.5 Å². The first-order chi connectivity index (χ1) is 14.1. The summed E-state index contributed by atoms with van der Waals surface area (Å²) in [5, 5.41) is 0.451. The average molecular weight is 416 g/mol. The Hall–Kier alpha value is -2.34. The molecule has 0 unspecified atom stereocenters. The van der Waals surface area contributed by atoms with Crippen molar-refractivity contribution < 1.29 is 19.0 Å². The number of fused-ring (bicyclic) bond motifs is 1. The van der Waals surface area contributed by atoms with Gasteiger partial charge in [0.15, 0.2) is 11.5 Å². The predicted octanol–water partition coefficient (Wildman–Crippen LogP) is 5.41. The minimum absolute atomic E-state index is 0.0582. The molecule has 1 heterocycles. The first-order valence-corrected chi connectivity index (χ1v) is 11.1. The molecule has 1 aliphatic heterocycles. The summed E-state index contributed by atoms with van der Waals surface area (Å²) in [6, 6.07) is 11.6. The van der Waals surface area contributed by atoms with Crippen LogP contribution in [0.5, 0.6) is 17.2 Å². The van der Waals surface area contributed by atoms with Crippen molar-refractivity contribution in [1.82, 2.24) is 0 Å². The van der Waals surface area contributed by atoms with Crippen molar-refractivity contribution in [1.29, 1.82) is 0 Å². The summed E-state index contributed by atoms with van der Waals surface area (Å²) in [5.74, 6) is 1.56. The van der Waals surface area contributed by atoms with E-state index < -0.39 is 0 Å². The quantitative estimate of drug-likeness (QED) is 0.605. The maximum absolute atomic E-state index is 13.6. The minimum Gasteiger partial charge on any atom is -0.490 e. The Morgan fingerprint density at radius 1 is 1.03 bits per heavy atom. The van der Waals surface area contributed by atoms with Crippen LogP contribution >= 0.6 is 11.8 Å². The topological polar surface area (TPSA) is 48.0 Å². The zero-order valence-electron chi connectivity index (χ0n) is 17.6. The van der Waals surface area contributed by atoms with E-state index in [-0.39, 0.29) is 5.91 Å². The van der Waals surface area contributed by atoms with E-state index in [1.165, 1.54) is 0 Å². The van der Waals surface area contributed by atoms with Gasteiger partial charge in [-0.25, -0.2) is 0 Å². The van der Waals surface area contributed by atoms with Crippen LogP contribution < -0.4 is 19.1 Å². The molecule has 2 aromatic carbocycles. The normalized spacial score (nSPS) is 16.0. The van der Waals surface area contributed by atoms with Crippen molar-refractivity contribution in [2.24, 2.45) is 0 Å². The van der Waals surface area contributed by atoms with Crippen LogP contribution in [-0.2, 0) is 0 Å². The van der Waals surface area contributed by atoms with E-state index >= 15 is 0 Å². The Morgan fingerprint density at radius 2 is 1.66 bits per heavy atom. The molecule has 0 spiro atoms. The van der Waals surface area contributed by atoms with Gasteiger partial charge >= 0.3 is 0 Å². The number of para-hydroxylation sites is 1. The molecule has 1 aliphatic rings. The molecular formula is C23H29NO4S. The fourth-order valence-electron chi connectivity index (χ4n) is 3.37. The monoisotopic (exact) mass is 415 g/mol. The lowest BCUT2D eigenvalue weighted by Crippen LogP contribution is -2.32. The summed E-state index contributed by atoms with van der Waals surface area (Å²) >= 11 is 1.82. The highest BCUT2D eigenvalue weighted by Crippen LogP contribution is 2.41.